The van der Waals surface area contributed by atoms with Gasteiger partial charge >= 0.3 is 0 Å². The Morgan fingerprint density at radius 3 is 2.59 bits per heavy atom. The molecule has 0 aliphatic carbocycles. The van der Waals surface area contributed by atoms with Crippen molar-refractivity contribution in [3.05, 3.63) is 18.0 Å². The molecule has 0 fully saturated rings. The Morgan fingerprint density at radius 1 is 1.41 bits per heavy atom. The lowest BCUT2D eigenvalue weighted by atomic mass is 10.2. The van der Waals surface area contributed by atoms with Crippen LogP contribution in [0.1, 0.15) is 32.0 Å². The second-order valence-corrected chi connectivity index (χ2v) is 4.16. The van der Waals surface area contributed by atoms with Gasteiger partial charge in [0, 0.05) is 32.9 Å². The Kier molecular flexibility index (Phi) is 5.61. The molecule has 2 unspecified atom stereocenters. The van der Waals surface area contributed by atoms with Crippen molar-refractivity contribution in [3.63, 3.8) is 0 Å². The van der Waals surface area contributed by atoms with Gasteiger partial charge in [0.1, 0.15) is 6.10 Å². The highest BCUT2D eigenvalue weighted by atomic mass is 16.7. The van der Waals surface area contributed by atoms with Crippen molar-refractivity contribution in [2.45, 2.75) is 45.1 Å². The predicted octanol–water partition coefficient (Wildman–Crippen LogP) is 1.38. The van der Waals surface area contributed by atoms with Gasteiger partial charge in [0.25, 0.3) is 0 Å². The van der Waals surface area contributed by atoms with Gasteiger partial charge in [0.2, 0.25) is 0 Å². The van der Waals surface area contributed by atoms with Gasteiger partial charge in [-0.15, -0.1) is 0 Å². The minimum absolute atomic E-state index is 0.376. The molecule has 1 rings (SSSR count). The Balaban J connectivity index is 2.59. The SMILES string of the molecule is CCC(C)n1ccc(CC(O)C(OC)OC)n1. The third-order valence-electron chi connectivity index (χ3n) is 2.90. The standard InChI is InChI=1S/C12H22N2O3/c1-5-9(2)14-7-6-10(13-14)8-11(15)12(16-3)17-4/h6-7,9,11-12,15H,5,8H2,1-4H3. The van der Waals surface area contributed by atoms with Crippen molar-refractivity contribution in [2.75, 3.05) is 14.2 Å². The van der Waals surface area contributed by atoms with Crippen LogP contribution in [0.2, 0.25) is 0 Å². The van der Waals surface area contributed by atoms with Crippen LogP contribution in [0.15, 0.2) is 12.3 Å². The monoisotopic (exact) mass is 242 g/mol. The maximum absolute atomic E-state index is 9.87. The van der Waals surface area contributed by atoms with Crippen LogP contribution in [0.5, 0.6) is 0 Å². The van der Waals surface area contributed by atoms with E-state index in [1.807, 2.05) is 16.9 Å². The van der Waals surface area contributed by atoms with Crippen molar-refractivity contribution in [2.24, 2.45) is 0 Å². The van der Waals surface area contributed by atoms with E-state index in [-0.39, 0.29) is 0 Å². The number of methoxy groups -OCH3 is 2. The number of aliphatic hydroxyl groups excluding tert-OH is 1. The van der Waals surface area contributed by atoms with E-state index < -0.39 is 12.4 Å². The Labute approximate surface area is 102 Å². The van der Waals surface area contributed by atoms with Crippen LogP contribution < -0.4 is 0 Å². The van der Waals surface area contributed by atoms with Crippen molar-refractivity contribution in [1.29, 1.82) is 0 Å². The van der Waals surface area contributed by atoms with E-state index in [1.54, 1.807) is 0 Å². The van der Waals surface area contributed by atoms with Crippen LogP contribution in [-0.4, -0.2) is 41.5 Å². The molecule has 98 valence electrons. The average Bonchev–Trinajstić information content (AvgIpc) is 2.78. The third-order valence-corrected chi connectivity index (χ3v) is 2.90. The van der Waals surface area contributed by atoms with Gasteiger partial charge in [-0.25, -0.2) is 0 Å². The zero-order chi connectivity index (χ0) is 12.8. The van der Waals surface area contributed by atoms with Gasteiger partial charge in [-0.2, -0.15) is 5.10 Å². The van der Waals surface area contributed by atoms with E-state index in [0.29, 0.717) is 12.5 Å². The van der Waals surface area contributed by atoms with Gasteiger partial charge in [0.15, 0.2) is 6.29 Å². The molecule has 0 bridgehead atoms. The molecular formula is C12H22N2O3. The topological polar surface area (TPSA) is 56.5 Å². The summed E-state index contributed by atoms with van der Waals surface area (Å²) >= 11 is 0. The van der Waals surface area contributed by atoms with Crippen molar-refractivity contribution >= 4 is 0 Å². The van der Waals surface area contributed by atoms with Crippen LogP contribution >= 0.6 is 0 Å². The highest BCUT2D eigenvalue weighted by Gasteiger charge is 2.19. The first-order valence-electron chi connectivity index (χ1n) is 5.90. The maximum atomic E-state index is 9.87. The van der Waals surface area contributed by atoms with Crippen LogP contribution in [0, 0.1) is 0 Å². The summed E-state index contributed by atoms with van der Waals surface area (Å²) in [5.74, 6) is 0. The molecular weight excluding hydrogens is 220 g/mol. The summed E-state index contributed by atoms with van der Waals surface area (Å²) in [5.41, 5.74) is 0.844. The number of nitrogens with zero attached hydrogens (tertiary/aromatic N) is 2. The molecule has 1 aromatic rings. The van der Waals surface area contributed by atoms with E-state index in [9.17, 15) is 5.11 Å². The normalized spacial score (nSPS) is 15.2. The second-order valence-electron chi connectivity index (χ2n) is 4.16. The van der Waals surface area contributed by atoms with E-state index >= 15 is 0 Å². The summed E-state index contributed by atoms with van der Waals surface area (Å²) in [6, 6.07) is 2.29. The number of aliphatic hydroxyl groups is 1. The van der Waals surface area contributed by atoms with Crippen molar-refractivity contribution in [3.8, 4) is 0 Å². The van der Waals surface area contributed by atoms with E-state index in [4.69, 9.17) is 9.47 Å². The van der Waals surface area contributed by atoms with Gasteiger partial charge in [-0.05, 0) is 19.4 Å². The van der Waals surface area contributed by atoms with Gasteiger partial charge in [-0.3, -0.25) is 4.68 Å². The van der Waals surface area contributed by atoms with E-state index in [2.05, 4.69) is 18.9 Å². The first kappa shape index (κ1) is 14.2. The fourth-order valence-electron chi connectivity index (χ4n) is 1.64. The quantitative estimate of drug-likeness (QED) is 0.734. The largest absolute Gasteiger partial charge is 0.387 e. The Morgan fingerprint density at radius 2 is 2.06 bits per heavy atom. The molecule has 17 heavy (non-hydrogen) atoms. The van der Waals surface area contributed by atoms with Crippen LogP contribution in [-0.2, 0) is 15.9 Å². The molecule has 0 spiro atoms. The zero-order valence-electron chi connectivity index (χ0n) is 11.0. The number of aromatic nitrogens is 2. The maximum Gasteiger partial charge on any atom is 0.183 e. The molecule has 0 saturated heterocycles. The lowest BCUT2D eigenvalue weighted by Gasteiger charge is -2.18. The summed E-state index contributed by atoms with van der Waals surface area (Å²) < 4.78 is 11.9. The molecule has 0 amide bonds. The number of hydrogen-bond donors (Lipinski definition) is 1. The third kappa shape index (κ3) is 3.80. The Bertz CT molecular complexity index is 323. The lowest BCUT2D eigenvalue weighted by molar-refractivity contribution is -0.163. The van der Waals surface area contributed by atoms with E-state index in [1.165, 1.54) is 14.2 Å². The summed E-state index contributed by atoms with van der Waals surface area (Å²) in [6.07, 6.45) is 2.08. The molecule has 5 nitrogen and oxygen atoms in total. The van der Waals surface area contributed by atoms with Gasteiger partial charge in [0.05, 0.1) is 5.69 Å². The second kappa shape index (κ2) is 6.74. The highest BCUT2D eigenvalue weighted by Crippen LogP contribution is 2.12. The molecule has 5 heteroatoms. The summed E-state index contributed by atoms with van der Waals surface area (Å²) in [5, 5.41) is 14.3. The smallest absolute Gasteiger partial charge is 0.183 e. The van der Waals surface area contributed by atoms with Crippen LogP contribution in [0.4, 0.5) is 0 Å². The predicted molar refractivity (Wildman–Crippen MR) is 64.7 cm³/mol. The Hall–Kier alpha value is -0.910. The molecule has 0 aromatic carbocycles. The molecule has 0 radical (unpaired) electrons. The molecule has 1 N–H and O–H groups in total. The number of ether oxygens (including phenoxy) is 2. The highest BCUT2D eigenvalue weighted by molar-refractivity contribution is 5.01. The minimum atomic E-state index is -0.703. The molecule has 0 aliphatic heterocycles. The summed E-state index contributed by atoms with van der Waals surface area (Å²) in [6.45, 7) is 4.23. The minimum Gasteiger partial charge on any atom is -0.387 e. The first-order chi connectivity index (χ1) is 8.12. The average molecular weight is 242 g/mol. The van der Waals surface area contributed by atoms with Crippen molar-refractivity contribution < 1.29 is 14.6 Å². The van der Waals surface area contributed by atoms with Crippen molar-refractivity contribution in [1.82, 2.24) is 9.78 Å². The lowest BCUT2D eigenvalue weighted by Crippen LogP contribution is -2.31. The fourth-order valence-corrected chi connectivity index (χ4v) is 1.64. The number of rotatable bonds is 7. The zero-order valence-corrected chi connectivity index (χ0v) is 11.0. The van der Waals surface area contributed by atoms with Gasteiger partial charge in [-0.1, -0.05) is 6.92 Å². The van der Waals surface area contributed by atoms with Crippen LogP contribution in [0.3, 0.4) is 0 Å². The summed E-state index contributed by atoms with van der Waals surface area (Å²) in [7, 11) is 3.02. The molecule has 0 saturated carbocycles. The molecule has 2 atom stereocenters. The molecule has 1 aromatic heterocycles. The van der Waals surface area contributed by atoms with Gasteiger partial charge < -0.3 is 14.6 Å². The number of hydrogen-bond acceptors (Lipinski definition) is 4. The van der Waals surface area contributed by atoms with E-state index in [0.717, 1.165) is 12.1 Å². The fraction of sp³-hybridized carbons (Fsp3) is 0.750. The molecule has 1 heterocycles. The first-order valence-corrected chi connectivity index (χ1v) is 5.90. The summed E-state index contributed by atoms with van der Waals surface area (Å²) in [4.78, 5) is 0. The van der Waals surface area contributed by atoms with Crippen LogP contribution in [0.25, 0.3) is 0 Å². The molecule has 0 aliphatic rings.